The van der Waals surface area contributed by atoms with Crippen molar-refractivity contribution in [1.29, 1.82) is 0 Å². The minimum atomic E-state index is -0.993. The number of hydrogen-bond donors (Lipinski definition) is 2. The smallest absolute Gasteiger partial charge is 0.300 e. The first-order valence-corrected chi connectivity index (χ1v) is 10.4. The van der Waals surface area contributed by atoms with Gasteiger partial charge in [0.15, 0.2) is 0 Å². The maximum absolute atomic E-state index is 13.3. The van der Waals surface area contributed by atoms with E-state index in [1.54, 1.807) is 54.6 Å². The summed E-state index contributed by atoms with van der Waals surface area (Å²) in [6, 6.07) is 16.6. The van der Waals surface area contributed by atoms with Gasteiger partial charge in [-0.2, -0.15) is 0 Å². The fraction of sp³-hybridized carbons (Fsp3) is 0.154. The maximum atomic E-state index is 13.3. The highest BCUT2D eigenvalue weighted by molar-refractivity contribution is 6.51. The number of phenols is 1. The van der Waals surface area contributed by atoms with Crippen LogP contribution in [0.1, 0.15) is 17.2 Å². The SMILES string of the molecule is COc1ccc(N2C(=O)C(=O)/C(=C(\O)c3ccc(OC)cc3OC)C2c2cccc(O)c2)cc1. The molecule has 0 radical (unpaired) electrons. The van der Waals surface area contributed by atoms with Crippen LogP contribution in [0.25, 0.3) is 5.76 Å². The third-order valence-electron chi connectivity index (χ3n) is 5.64. The van der Waals surface area contributed by atoms with E-state index in [0.29, 0.717) is 22.7 Å². The first-order chi connectivity index (χ1) is 16.4. The summed E-state index contributed by atoms with van der Waals surface area (Å²) in [7, 11) is 4.45. The molecule has 8 nitrogen and oxygen atoms in total. The molecule has 1 unspecified atom stereocenters. The highest BCUT2D eigenvalue weighted by Gasteiger charge is 2.47. The third kappa shape index (κ3) is 3.90. The highest BCUT2D eigenvalue weighted by atomic mass is 16.5. The molecule has 2 N–H and O–H groups in total. The van der Waals surface area contributed by atoms with Crippen molar-refractivity contribution in [2.75, 3.05) is 26.2 Å². The Kier molecular flexibility index (Phi) is 6.14. The molecular weight excluding hydrogens is 438 g/mol. The summed E-state index contributed by atoms with van der Waals surface area (Å²) in [5, 5.41) is 21.4. The van der Waals surface area contributed by atoms with Crippen LogP contribution in [0.4, 0.5) is 5.69 Å². The zero-order chi connectivity index (χ0) is 24.4. The number of carbonyl (C=O) groups is 2. The lowest BCUT2D eigenvalue weighted by molar-refractivity contribution is -0.132. The van der Waals surface area contributed by atoms with E-state index in [2.05, 4.69) is 0 Å². The van der Waals surface area contributed by atoms with E-state index in [9.17, 15) is 19.8 Å². The zero-order valence-corrected chi connectivity index (χ0v) is 18.8. The lowest BCUT2D eigenvalue weighted by atomic mass is 9.94. The van der Waals surface area contributed by atoms with Crippen molar-refractivity contribution < 1.29 is 34.0 Å². The Hall–Kier alpha value is -4.46. The van der Waals surface area contributed by atoms with E-state index in [1.807, 2.05) is 0 Å². The van der Waals surface area contributed by atoms with Crippen LogP contribution >= 0.6 is 0 Å². The van der Waals surface area contributed by atoms with E-state index in [0.717, 1.165) is 0 Å². The summed E-state index contributed by atoms with van der Waals surface area (Å²) in [5.41, 5.74) is 0.970. The number of aromatic hydroxyl groups is 1. The molecule has 8 heteroatoms. The second-order valence-corrected chi connectivity index (χ2v) is 7.53. The Morgan fingerprint density at radius 2 is 1.53 bits per heavy atom. The van der Waals surface area contributed by atoms with Crippen molar-refractivity contribution in [3.05, 3.63) is 83.4 Å². The molecule has 3 aromatic rings. The number of aliphatic hydroxyl groups is 1. The largest absolute Gasteiger partial charge is 0.508 e. The van der Waals surface area contributed by atoms with Gasteiger partial charge in [0, 0.05) is 11.8 Å². The molecule has 4 rings (SSSR count). The fourth-order valence-electron chi connectivity index (χ4n) is 3.99. The second-order valence-electron chi connectivity index (χ2n) is 7.53. The zero-order valence-electron chi connectivity index (χ0n) is 18.8. The average molecular weight is 461 g/mol. The van der Waals surface area contributed by atoms with Crippen LogP contribution in [0, 0.1) is 0 Å². The molecule has 0 aliphatic carbocycles. The molecule has 1 fully saturated rings. The average Bonchev–Trinajstić information content (AvgIpc) is 3.13. The summed E-state index contributed by atoms with van der Waals surface area (Å²) in [4.78, 5) is 27.8. The molecule has 1 saturated heterocycles. The monoisotopic (exact) mass is 461 g/mol. The number of aliphatic hydroxyl groups excluding tert-OH is 1. The molecule has 1 aliphatic heterocycles. The Morgan fingerprint density at radius 1 is 0.853 bits per heavy atom. The molecule has 3 aromatic carbocycles. The van der Waals surface area contributed by atoms with Gasteiger partial charge in [0.25, 0.3) is 11.7 Å². The number of methoxy groups -OCH3 is 3. The molecule has 0 bridgehead atoms. The number of amides is 1. The van der Waals surface area contributed by atoms with Crippen LogP contribution in [0.5, 0.6) is 23.0 Å². The first kappa shape index (κ1) is 22.7. The second kappa shape index (κ2) is 9.19. The van der Waals surface area contributed by atoms with Crippen LogP contribution in [0.15, 0.2) is 72.3 Å². The first-order valence-electron chi connectivity index (χ1n) is 10.4. The van der Waals surface area contributed by atoms with Crippen LogP contribution in [-0.4, -0.2) is 43.2 Å². The van der Waals surface area contributed by atoms with Gasteiger partial charge in [0.05, 0.1) is 38.5 Å². The van der Waals surface area contributed by atoms with Gasteiger partial charge in [0.2, 0.25) is 0 Å². The van der Waals surface area contributed by atoms with Crippen molar-refractivity contribution >= 4 is 23.1 Å². The van der Waals surface area contributed by atoms with E-state index >= 15 is 0 Å². The molecule has 0 spiro atoms. The summed E-state index contributed by atoms with van der Waals surface area (Å²) < 4.78 is 15.8. The number of phenolic OH excluding ortho intramolecular Hbond substituents is 1. The number of rotatable bonds is 6. The number of hydrogen-bond acceptors (Lipinski definition) is 7. The summed E-state index contributed by atoms with van der Waals surface area (Å²) >= 11 is 0. The van der Waals surface area contributed by atoms with Gasteiger partial charge >= 0.3 is 0 Å². The number of Topliss-reactive ketones (excluding diaryl/α,β-unsaturated/α-hetero) is 1. The van der Waals surface area contributed by atoms with Gasteiger partial charge in [-0.3, -0.25) is 14.5 Å². The molecule has 1 atom stereocenters. The minimum absolute atomic E-state index is 0.0418. The van der Waals surface area contributed by atoms with Crippen LogP contribution in [0.2, 0.25) is 0 Å². The van der Waals surface area contributed by atoms with Crippen LogP contribution in [0.3, 0.4) is 0 Å². The summed E-state index contributed by atoms with van der Waals surface area (Å²) in [6.07, 6.45) is 0. The Morgan fingerprint density at radius 3 is 2.15 bits per heavy atom. The topological polar surface area (TPSA) is 106 Å². The van der Waals surface area contributed by atoms with Crippen LogP contribution in [-0.2, 0) is 9.59 Å². The normalized spacial score (nSPS) is 17.0. The molecule has 174 valence electrons. The van der Waals surface area contributed by atoms with Gasteiger partial charge in [0.1, 0.15) is 28.8 Å². The molecule has 1 aliphatic rings. The van der Waals surface area contributed by atoms with Crippen molar-refractivity contribution in [2.24, 2.45) is 0 Å². The minimum Gasteiger partial charge on any atom is -0.508 e. The van der Waals surface area contributed by atoms with Gasteiger partial charge in [-0.15, -0.1) is 0 Å². The standard InChI is InChI=1S/C26H23NO7/c1-32-18-9-7-16(8-10-18)27-23(15-5-4-6-17(28)13-15)22(25(30)26(27)31)24(29)20-12-11-19(33-2)14-21(20)34-3/h4-14,23,28-29H,1-3H3/b24-22-. The van der Waals surface area contributed by atoms with Gasteiger partial charge in [-0.25, -0.2) is 0 Å². The molecule has 1 heterocycles. The molecule has 34 heavy (non-hydrogen) atoms. The predicted octanol–water partition coefficient (Wildman–Crippen LogP) is 4.04. The van der Waals surface area contributed by atoms with Crippen molar-refractivity contribution in [3.8, 4) is 23.0 Å². The quantitative estimate of drug-likeness (QED) is 0.324. The predicted molar refractivity (Wildman–Crippen MR) is 125 cm³/mol. The number of ketones is 1. The maximum Gasteiger partial charge on any atom is 0.300 e. The van der Waals surface area contributed by atoms with Gasteiger partial charge in [-0.1, -0.05) is 12.1 Å². The van der Waals surface area contributed by atoms with Gasteiger partial charge in [-0.05, 0) is 54.1 Å². The molecule has 0 aromatic heterocycles. The number of benzene rings is 3. The van der Waals surface area contributed by atoms with E-state index in [1.165, 1.54) is 38.4 Å². The van der Waals surface area contributed by atoms with E-state index in [-0.39, 0.29) is 22.6 Å². The lowest BCUT2D eigenvalue weighted by Crippen LogP contribution is -2.29. The fourth-order valence-corrected chi connectivity index (χ4v) is 3.99. The van der Waals surface area contributed by atoms with Crippen molar-refractivity contribution in [3.63, 3.8) is 0 Å². The third-order valence-corrected chi connectivity index (χ3v) is 5.64. The summed E-state index contributed by atoms with van der Waals surface area (Å²) in [5.74, 6) is -0.773. The number of ether oxygens (including phenoxy) is 3. The van der Waals surface area contributed by atoms with Crippen LogP contribution < -0.4 is 19.1 Å². The van der Waals surface area contributed by atoms with Crippen molar-refractivity contribution in [2.45, 2.75) is 6.04 Å². The van der Waals surface area contributed by atoms with E-state index < -0.39 is 23.5 Å². The lowest BCUT2D eigenvalue weighted by Gasteiger charge is -2.25. The Bertz CT molecular complexity index is 1280. The van der Waals surface area contributed by atoms with Gasteiger partial charge < -0.3 is 24.4 Å². The molecular formula is C26H23NO7. The Labute approximate surface area is 196 Å². The molecule has 1 amide bonds. The number of anilines is 1. The summed E-state index contributed by atoms with van der Waals surface area (Å²) in [6.45, 7) is 0. The van der Waals surface area contributed by atoms with Crippen molar-refractivity contribution in [1.82, 2.24) is 0 Å². The molecule has 0 saturated carbocycles. The Balaban J connectivity index is 1.95. The number of nitrogens with zero attached hydrogens (tertiary/aromatic N) is 1. The number of carbonyl (C=O) groups excluding carboxylic acids is 2. The highest BCUT2D eigenvalue weighted by Crippen LogP contribution is 2.44. The van der Waals surface area contributed by atoms with E-state index in [4.69, 9.17) is 14.2 Å².